The van der Waals surface area contributed by atoms with Gasteiger partial charge in [0.1, 0.15) is 17.7 Å². The summed E-state index contributed by atoms with van der Waals surface area (Å²) in [6.45, 7) is 0. The van der Waals surface area contributed by atoms with Crippen molar-refractivity contribution in [3.8, 4) is 0 Å². The van der Waals surface area contributed by atoms with Crippen LogP contribution in [0.4, 0.5) is 8.78 Å². The highest BCUT2D eigenvalue weighted by molar-refractivity contribution is 6.35. The van der Waals surface area contributed by atoms with Gasteiger partial charge in [0.15, 0.2) is 0 Å². The Morgan fingerprint density at radius 3 is 2.24 bits per heavy atom. The van der Waals surface area contributed by atoms with Crippen LogP contribution in [-0.2, 0) is 0 Å². The lowest BCUT2D eigenvalue weighted by atomic mass is 9.95. The number of benzene rings is 3. The van der Waals surface area contributed by atoms with E-state index in [0.717, 1.165) is 22.9 Å². The van der Waals surface area contributed by atoms with E-state index in [1.165, 1.54) is 6.07 Å². The van der Waals surface area contributed by atoms with Gasteiger partial charge in [-0.05, 0) is 23.1 Å². The van der Waals surface area contributed by atoms with Crippen LogP contribution in [-0.4, -0.2) is 5.11 Å². The molecule has 1 unspecified atom stereocenters. The van der Waals surface area contributed by atoms with Gasteiger partial charge >= 0.3 is 0 Å². The predicted molar refractivity (Wildman–Crippen MR) is 79.4 cm³/mol. The first-order valence-electron chi connectivity index (χ1n) is 6.38. The van der Waals surface area contributed by atoms with Gasteiger partial charge < -0.3 is 5.11 Å². The van der Waals surface area contributed by atoms with Crippen LogP contribution in [0.2, 0.25) is 5.02 Å². The highest BCUT2D eigenvalue weighted by Crippen LogP contribution is 2.33. The van der Waals surface area contributed by atoms with E-state index in [9.17, 15) is 13.9 Å². The molecule has 0 amide bonds. The fourth-order valence-electron chi connectivity index (χ4n) is 2.41. The maximum Gasteiger partial charge on any atom is 0.132 e. The maximum absolute atomic E-state index is 13.8. The lowest BCUT2D eigenvalue weighted by Crippen LogP contribution is -2.04. The van der Waals surface area contributed by atoms with Gasteiger partial charge in [-0.25, -0.2) is 8.78 Å². The Balaban J connectivity index is 2.18. The quantitative estimate of drug-likeness (QED) is 0.717. The van der Waals surface area contributed by atoms with Gasteiger partial charge in [-0.1, -0.05) is 48.0 Å². The summed E-state index contributed by atoms with van der Waals surface area (Å²) in [6.07, 6.45) is -1.19. The third kappa shape index (κ3) is 2.50. The van der Waals surface area contributed by atoms with Gasteiger partial charge in [0, 0.05) is 22.0 Å². The third-order valence-corrected chi connectivity index (χ3v) is 3.79. The lowest BCUT2D eigenvalue weighted by molar-refractivity contribution is 0.216. The highest BCUT2D eigenvalue weighted by Gasteiger charge is 2.18. The van der Waals surface area contributed by atoms with E-state index >= 15 is 0 Å². The van der Waals surface area contributed by atoms with E-state index in [2.05, 4.69) is 0 Å². The Hall–Kier alpha value is -1.97. The van der Waals surface area contributed by atoms with Crippen LogP contribution in [0.25, 0.3) is 10.8 Å². The van der Waals surface area contributed by atoms with E-state index in [-0.39, 0.29) is 5.56 Å². The maximum atomic E-state index is 13.8. The highest BCUT2D eigenvalue weighted by atomic mass is 35.5. The van der Waals surface area contributed by atoms with E-state index in [1.807, 2.05) is 18.2 Å². The Labute approximate surface area is 125 Å². The molecule has 0 radical (unpaired) electrons. The fourth-order valence-corrected chi connectivity index (χ4v) is 2.64. The minimum absolute atomic E-state index is 0.0314. The van der Waals surface area contributed by atoms with Gasteiger partial charge in [0.05, 0.1) is 0 Å². The van der Waals surface area contributed by atoms with Crippen LogP contribution >= 0.6 is 11.6 Å². The number of halogens is 3. The summed E-state index contributed by atoms with van der Waals surface area (Å²) in [5.41, 5.74) is 0.560. The minimum atomic E-state index is -1.19. The Bertz CT molecular complexity index is 817. The van der Waals surface area contributed by atoms with Crippen LogP contribution in [0.1, 0.15) is 17.2 Å². The molecule has 0 saturated carbocycles. The van der Waals surface area contributed by atoms with E-state index in [1.54, 1.807) is 18.2 Å². The molecule has 3 aromatic carbocycles. The first-order chi connectivity index (χ1) is 10.1. The number of rotatable bonds is 2. The second kappa shape index (κ2) is 5.43. The van der Waals surface area contributed by atoms with Crippen LogP contribution < -0.4 is 0 Å². The van der Waals surface area contributed by atoms with Crippen molar-refractivity contribution >= 4 is 22.4 Å². The Morgan fingerprint density at radius 2 is 1.52 bits per heavy atom. The summed E-state index contributed by atoms with van der Waals surface area (Å²) in [5.74, 6) is -1.45. The zero-order chi connectivity index (χ0) is 15.0. The fraction of sp³-hybridized carbons (Fsp3) is 0.0588. The second-order valence-electron chi connectivity index (χ2n) is 4.75. The topological polar surface area (TPSA) is 20.2 Å². The predicted octanol–water partition coefficient (Wildman–Crippen LogP) is 4.85. The summed E-state index contributed by atoms with van der Waals surface area (Å²) in [7, 11) is 0. The van der Waals surface area contributed by atoms with Crippen molar-refractivity contribution in [1.29, 1.82) is 0 Å². The summed E-state index contributed by atoms with van der Waals surface area (Å²) >= 11 is 6.13. The van der Waals surface area contributed by atoms with Crippen molar-refractivity contribution in [3.63, 3.8) is 0 Å². The van der Waals surface area contributed by atoms with Crippen LogP contribution in [0, 0.1) is 11.6 Å². The van der Waals surface area contributed by atoms with Gasteiger partial charge in [-0.15, -0.1) is 0 Å². The second-order valence-corrected chi connectivity index (χ2v) is 5.16. The molecule has 0 aliphatic rings. The SMILES string of the molecule is OC(c1ccc(F)cc1F)c1ccc(Cl)c2ccccc12. The molecular weight excluding hydrogens is 294 g/mol. The molecule has 0 aromatic heterocycles. The van der Waals surface area contributed by atoms with Crippen molar-refractivity contribution in [1.82, 2.24) is 0 Å². The van der Waals surface area contributed by atoms with Crippen molar-refractivity contribution < 1.29 is 13.9 Å². The van der Waals surface area contributed by atoms with Crippen molar-refractivity contribution in [2.24, 2.45) is 0 Å². The number of aliphatic hydroxyl groups is 1. The smallest absolute Gasteiger partial charge is 0.132 e. The number of fused-ring (bicyclic) bond motifs is 1. The summed E-state index contributed by atoms with van der Waals surface area (Å²) < 4.78 is 26.8. The van der Waals surface area contributed by atoms with Crippen LogP contribution in [0.5, 0.6) is 0 Å². The Kier molecular flexibility index (Phi) is 3.62. The third-order valence-electron chi connectivity index (χ3n) is 3.46. The summed E-state index contributed by atoms with van der Waals surface area (Å²) in [6, 6.07) is 13.7. The molecule has 4 heteroatoms. The van der Waals surface area contributed by atoms with E-state index < -0.39 is 17.7 Å². The molecule has 0 bridgehead atoms. The average Bonchev–Trinajstić information content (AvgIpc) is 2.47. The standard InChI is InChI=1S/C17H11ClF2O/c18-15-8-7-13(11-3-1-2-4-12(11)15)17(21)14-6-5-10(19)9-16(14)20/h1-9,17,21H. The van der Waals surface area contributed by atoms with Crippen LogP contribution in [0.3, 0.4) is 0 Å². The Morgan fingerprint density at radius 1 is 0.857 bits per heavy atom. The zero-order valence-electron chi connectivity index (χ0n) is 10.9. The van der Waals surface area contributed by atoms with Gasteiger partial charge in [-0.2, -0.15) is 0 Å². The molecule has 1 atom stereocenters. The van der Waals surface area contributed by atoms with Gasteiger partial charge in [0.25, 0.3) is 0 Å². The first kappa shape index (κ1) is 14.0. The molecule has 0 spiro atoms. The number of hydrogen-bond acceptors (Lipinski definition) is 1. The van der Waals surface area contributed by atoms with E-state index in [4.69, 9.17) is 11.6 Å². The molecule has 0 aliphatic carbocycles. The molecule has 3 aromatic rings. The molecule has 21 heavy (non-hydrogen) atoms. The van der Waals surface area contributed by atoms with Crippen LogP contribution in [0.15, 0.2) is 54.6 Å². The monoisotopic (exact) mass is 304 g/mol. The number of aliphatic hydroxyl groups excluding tert-OH is 1. The van der Waals surface area contributed by atoms with Crippen molar-refractivity contribution in [3.05, 3.63) is 82.4 Å². The molecular formula is C17H11ClF2O. The molecule has 106 valence electrons. The number of hydrogen-bond donors (Lipinski definition) is 1. The molecule has 0 fully saturated rings. The largest absolute Gasteiger partial charge is 0.384 e. The lowest BCUT2D eigenvalue weighted by Gasteiger charge is -2.15. The minimum Gasteiger partial charge on any atom is -0.384 e. The molecule has 0 heterocycles. The summed E-state index contributed by atoms with van der Waals surface area (Å²) in [4.78, 5) is 0. The zero-order valence-corrected chi connectivity index (χ0v) is 11.6. The van der Waals surface area contributed by atoms with Crippen molar-refractivity contribution in [2.75, 3.05) is 0 Å². The molecule has 1 nitrogen and oxygen atoms in total. The normalized spacial score (nSPS) is 12.6. The van der Waals surface area contributed by atoms with Gasteiger partial charge in [0.2, 0.25) is 0 Å². The summed E-state index contributed by atoms with van der Waals surface area (Å²) in [5, 5.41) is 12.5. The molecule has 0 aliphatic heterocycles. The molecule has 1 N–H and O–H groups in total. The first-order valence-corrected chi connectivity index (χ1v) is 6.76. The van der Waals surface area contributed by atoms with Crippen molar-refractivity contribution in [2.45, 2.75) is 6.10 Å². The molecule has 3 rings (SSSR count). The average molecular weight is 305 g/mol. The molecule has 0 saturated heterocycles. The van der Waals surface area contributed by atoms with Gasteiger partial charge in [-0.3, -0.25) is 0 Å². The van der Waals surface area contributed by atoms with E-state index in [0.29, 0.717) is 10.6 Å².